The maximum atomic E-state index is 10.4. The molecule has 0 spiro atoms. The third-order valence-corrected chi connectivity index (χ3v) is 2.19. The molecule has 0 aromatic heterocycles. The Labute approximate surface area is 61.0 Å². The second kappa shape index (κ2) is 2.90. The quantitative estimate of drug-likeness (QED) is 0.560. The highest BCUT2D eigenvalue weighted by atomic mass is 16.2. The molecule has 2 atom stereocenters. The molecule has 3 nitrogen and oxygen atoms in total. The van der Waals surface area contributed by atoms with Crippen LogP contribution in [0.15, 0.2) is 0 Å². The fourth-order valence-corrected chi connectivity index (χ4v) is 1.54. The van der Waals surface area contributed by atoms with Crippen molar-refractivity contribution in [3.05, 3.63) is 0 Å². The normalized spacial score (nSPS) is 32.1. The van der Waals surface area contributed by atoms with Crippen molar-refractivity contribution in [2.45, 2.75) is 32.2 Å². The van der Waals surface area contributed by atoms with Crippen molar-refractivity contribution in [3.8, 4) is 0 Å². The first-order valence-corrected chi connectivity index (χ1v) is 3.76. The van der Waals surface area contributed by atoms with Crippen LogP contribution in [-0.4, -0.2) is 12.1 Å². The lowest BCUT2D eigenvalue weighted by Crippen LogP contribution is -2.39. The van der Waals surface area contributed by atoms with E-state index in [-0.39, 0.29) is 0 Å². The number of primary amides is 1. The largest absolute Gasteiger partial charge is 0.352 e. The van der Waals surface area contributed by atoms with E-state index in [0.29, 0.717) is 12.0 Å². The van der Waals surface area contributed by atoms with Gasteiger partial charge >= 0.3 is 6.03 Å². The molecule has 2 amide bonds. The molecule has 1 saturated carbocycles. The van der Waals surface area contributed by atoms with Gasteiger partial charge in [0.15, 0.2) is 0 Å². The molecular formula is C7H14N2O. The summed E-state index contributed by atoms with van der Waals surface area (Å²) >= 11 is 0. The Bertz CT molecular complexity index is 136. The molecule has 3 heteroatoms. The van der Waals surface area contributed by atoms with Crippen LogP contribution in [0.25, 0.3) is 0 Å². The van der Waals surface area contributed by atoms with Crippen LogP contribution >= 0.6 is 0 Å². The van der Waals surface area contributed by atoms with Crippen LogP contribution in [0.4, 0.5) is 4.79 Å². The zero-order valence-electron chi connectivity index (χ0n) is 6.26. The highest BCUT2D eigenvalue weighted by Gasteiger charge is 2.23. The Kier molecular flexibility index (Phi) is 2.14. The molecule has 1 aliphatic rings. The van der Waals surface area contributed by atoms with E-state index in [1.54, 1.807) is 0 Å². The number of urea groups is 1. The molecule has 58 valence electrons. The summed E-state index contributed by atoms with van der Waals surface area (Å²) in [5.74, 6) is 0.604. The predicted octanol–water partition coefficient (Wildman–Crippen LogP) is 0.843. The molecule has 0 aliphatic heterocycles. The Balaban J connectivity index is 2.33. The average Bonchev–Trinajstić information content (AvgIpc) is 2.15. The zero-order valence-corrected chi connectivity index (χ0v) is 6.26. The van der Waals surface area contributed by atoms with Crippen LogP contribution in [0.5, 0.6) is 0 Å². The van der Waals surface area contributed by atoms with Crippen LogP contribution in [-0.2, 0) is 0 Å². The zero-order chi connectivity index (χ0) is 7.56. The van der Waals surface area contributed by atoms with E-state index in [4.69, 9.17) is 5.73 Å². The third-order valence-electron chi connectivity index (χ3n) is 2.19. The summed E-state index contributed by atoms with van der Waals surface area (Å²) in [5, 5.41) is 2.73. The van der Waals surface area contributed by atoms with Gasteiger partial charge in [0.05, 0.1) is 0 Å². The maximum Gasteiger partial charge on any atom is 0.312 e. The number of nitrogens with two attached hydrogens (primary N) is 1. The smallest absolute Gasteiger partial charge is 0.312 e. The van der Waals surface area contributed by atoms with Crippen molar-refractivity contribution in [3.63, 3.8) is 0 Å². The van der Waals surface area contributed by atoms with Gasteiger partial charge in [0, 0.05) is 6.04 Å². The fraction of sp³-hybridized carbons (Fsp3) is 0.857. The first kappa shape index (κ1) is 7.38. The van der Waals surface area contributed by atoms with Gasteiger partial charge in [0.2, 0.25) is 0 Å². The first-order chi connectivity index (χ1) is 4.70. The van der Waals surface area contributed by atoms with Gasteiger partial charge in [0.25, 0.3) is 0 Å². The lowest BCUT2D eigenvalue weighted by Gasteiger charge is -2.14. The standard InChI is InChI=1S/C7H14N2O/c1-5-3-2-4-6(5)9-7(8)10/h5-6H,2-4H2,1H3,(H3,8,9,10). The number of hydrogen-bond donors (Lipinski definition) is 2. The van der Waals surface area contributed by atoms with Gasteiger partial charge in [-0.2, -0.15) is 0 Å². The third kappa shape index (κ3) is 1.62. The second-order valence-corrected chi connectivity index (χ2v) is 3.02. The topological polar surface area (TPSA) is 55.1 Å². The average molecular weight is 142 g/mol. The van der Waals surface area contributed by atoms with E-state index in [9.17, 15) is 4.79 Å². The molecule has 1 rings (SSSR count). The van der Waals surface area contributed by atoms with E-state index in [1.807, 2.05) is 0 Å². The van der Waals surface area contributed by atoms with Crippen LogP contribution in [0.3, 0.4) is 0 Å². The number of nitrogens with one attached hydrogen (secondary N) is 1. The molecule has 0 aromatic rings. The summed E-state index contributed by atoms with van der Waals surface area (Å²) in [6.07, 6.45) is 3.52. The molecule has 2 unspecified atom stereocenters. The summed E-state index contributed by atoms with van der Waals surface area (Å²) in [6, 6.07) is -0.0590. The SMILES string of the molecule is CC1CCCC1NC(N)=O. The summed E-state index contributed by atoms with van der Waals surface area (Å²) in [5.41, 5.74) is 4.98. The summed E-state index contributed by atoms with van der Waals surface area (Å²) in [7, 11) is 0. The van der Waals surface area contributed by atoms with Crippen LogP contribution < -0.4 is 11.1 Å². The van der Waals surface area contributed by atoms with Gasteiger partial charge in [0.1, 0.15) is 0 Å². The van der Waals surface area contributed by atoms with Crippen LogP contribution in [0, 0.1) is 5.92 Å². The minimum absolute atomic E-state index is 0.331. The van der Waals surface area contributed by atoms with Crippen LogP contribution in [0.2, 0.25) is 0 Å². The molecule has 3 N–H and O–H groups in total. The fourth-order valence-electron chi connectivity index (χ4n) is 1.54. The van der Waals surface area contributed by atoms with E-state index in [0.717, 1.165) is 6.42 Å². The van der Waals surface area contributed by atoms with Crippen molar-refractivity contribution in [1.82, 2.24) is 5.32 Å². The number of carbonyl (C=O) groups excluding carboxylic acids is 1. The van der Waals surface area contributed by atoms with E-state index in [1.165, 1.54) is 12.8 Å². The highest BCUT2D eigenvalue weighted by molar-refractivity contribution is 5.72. The number of amides is 2. The molecule has 0 aromatic carbocycles. The van der Waals surface area contributed by atoms with Crippen LogP contribution in [0.1, 0.15) is 26.2 Å². The maximum absolute atomic E-state index is 10.4. The lowest BCUT2D eigenvalue weighted by atomic mass is 10.1. The number of hydrogen-bond acceptors (Lipinski definition) is 1. The molecule has 0 saturated heterocycles. The predicted molar refractivity (Wildman–Crippen MR) is 39.5 cm³/mol. The summed E-state index contributed by atoms with van der Waals surface area (Å²) in [4.78, 5) is 10.4. The van der Waals surface area contributed by atoms with E-state index >= 15 is 0 Å². The van der Waals surface area contributed by atoms with Gasteiger partial charge in [-0.15, -0.1) is 0 Å². The molecule has 0 radical (unpaired) electrons. The molecule has 10 heavy (non-hydrogen) atoms. The monoisotopic (exact) mass is 142 g/mol. The van der Waals surface area contributed by atoms with Gasteiger partial charge in [-0.3, -0.25) is 0 Å². The number of rotatable bonds is 1. The van der Waals surface area contributed by atoms with E-state index < -0.39 is 6.03 Å². The Morgan fingerprint density at radius 1 is 1.60 bits per heavy atom. The van der Waals surface area contributed by atoms with Crippen molar-refractivity contribution in [1.29, 1.82) is 0 Å². The van der Waals surface area contributed by atoms with Crippen molar-refractivity contribution in [2.75, 3.05) is 0 Å². The molecule has 1 fully saturated rings. The molecule has 0 bridgehead atoms. The van der Waals surface area contributed by atoms with Gasteiger partial charge in [-0.1, -0.05) is 13.3 Å². The van der Waals surface area contributed by atoms with Crippen molar-refractivity contribution in [2.24, 2.45) is 11.7 Å². The lowest BCUT2D eigenvalue weighted by molar-refractivity contribution is 0.242. The minimum atomic E-state index is -0.390. The Morgan fingerprint density at radius 2 is 2.30 bits per heavy atom. The molecule has 0 heterocycles. The minimum Gasteiger partial charge on any atom is -0.352 e. The Morgan fingerprint density at radius 3 is 2.70 bits per heavy atom. The first-order valence-electron chi connectivity index (χ1n) is 3.76. The van der Waals surface area contributed by atoms with Gasteiger partial charge in [-0.25, -0.2) is 4.79 Å². The summed E-state index contributed by atoms with van der Waals surface area (Å²) < 4.78 is 0. The van der Waals surface area contributed by atoms with Gasteiger partial charge < -0.3 is 11.1 Å². The van der Waals surface area contributed by atoms with E-state index in [2.05, 4.69) is 12.2 Å². The molecular weight excluding hydrogens is 128 g/mol. The van der Waals surface area contributed by atoms with Gasteiger partial charge in [-0.05, 0) is 18.8 Å². The summed E-state index contributed by atoms with van der Waals surface area (Å²) in [6.45, 7) is 2.15. The molecule has 1 aliphatic carbocycles. The number of carbonyl (C=O) groups is 1. The van der Waals surface area contributed by atoms with Crippen molar-refractivity contribution >= 4 is 6.03 Å². The highest BCUT2D eigenvalue weighted by Crippen LogP contribution is 2.24. The second-order valence-electron chi connectivity index (χ2n) is 3.02. The Hall–Kier alpha value is -0.730. The van der Waals surface area contributed by atoms with Crippen molar-refractivity contribution < 1.29 is 4.79 Å².